The fourth-order valence-electron chi connectivity index (χ4n) is 2.89. The normalized spacial score (nSPS) is 11.5. The number of aromatic hydroxyl groups is 1. The highest BCUT2D eigenvalue weighted by atomic mass is 19.4. The van der Waals surface area contributed by atoms with E-state index in [0.717, 1.165) is 22.8 Å². The smallest absolute Gasteiger partial charge is 0.431 e. The van der Waals surface area contributed by atoms with Crippen molar-refractivity contribution >= 4 is 16.9 Å². The highest BCUT2D eigenvalue weighted by Gasteiger charge is 2.35. The van der Waals surface area contributed by atoms with E-state index < -0.39 is 23.6 Å². The van der Waals surface area contributed by atoms with Crippen molar-refractivity contribution in [2.45, 2.75) is 6.18 Å². The number of nitrogens with zero attached hydrogens (tertiary/aromatic N) is 2. The van der Waals surface area contributed by atoms with Crippen LogP contribution in [-0.2, 0) is 13.2 Å². The van der Waals surface area contributed by atoms with Crippen molar-refractivity contribution in [1.82, 2.24) is 4.57 Å². The molecule has 0 bridgehead atoms. The summed E-state index contributed by atoms with van der Waals surface area (Å²) in [6.07, 6.45) is -4.58. The van der Waals surface area contributed by atoms with E-state index in [1.165, 1.54) is 25.2 Å². The minimum absolute atomic E-state index is 0.143. The van der Waals surface area contributed by atoms with Gasteiger partial charge in [0.05, 0.1) is 17.1 Å². The predicted molar refractivity (Wildman–Crippen MR) is 86.7 cm³/mol. The molecule has 0 unspecified atom stereocenters. The third-order valence-corrected chi connectivity index (χ3v) is 4.12. The molecule has 3 aromatic rings. The van der Waals surface area contributed by atoms with Crippen molar-refractivity contribution in [3.8, 4) is 22.9 Å². The van der Waals surface area contributed by atoms with Gasteiger partial charge in [0.2, 0.25) is 0 Å². The van der Waals surface area contributed by atoms with E-state index in [2.05, 4.69) is 0 Å². The van der Waals surface area contributed by atoms with E-state index in [0.29, 0.717) is 5.56 Å². The first-order chi connectivity index (χ1) is 12.1. The molecule has 3 rings (SSSR count). The Morgan fingerprint density at radius 2 is 1.88 bits per heavy atom. The summed E-state index contributed by atoms with van der Waals surface area (Å²) >= 11 is 0. The fraction of sp³-hybridized carbons (Fsp3) is 0.111. The number of halogens is 3. The molecule has 1 heterocycles. The number of aromatic nitrogens is 1. The van der Waals surface area contributed by atoms with E-state index in [4.69, 9.17) is 5.11 Å². The Morgan fingerprint density at radius 1 is 1.19 bits per heavy atom. The monoisotopic (exact) mass is 360 g/mol. The van der Waals surface area contributed by atoms with E-state index >= 15 is 0 Å². The number of fused-ring (bicyclic) bond motifs is 1. The molecule has 0 aliphatic carbocycles. The number of carbonyl (C=O) groups is 1. The van der Waals surface area contributed by atoms with Crippen LogP contribution in [0, 0.1) is 11.3 Å². The predicted octanol–water partition coefficient (Wildman–Crippen LogP) is 4.14. The number of aromatic carboxylic acids is 1. The molecule has 8 heteroatoms. The summed E-state index contributed by atoms with van der Waals surface area (Å²) in [5, 5.41) is 28.3. The molecule has 26 heavy (non-hydrogen) atoms. The van der Waals surface area contributed by atoms with Crippen LogP contribution in [0.15, 0.2) is 36.4 Å². The molecule has 5 nitrogen and oxygen atoms in total. The largest absolute Gasteiger partial charge is 0.507 e. The highest BCUT2D eigenvalue weighted by molar-refractivity contribution is 5.99. The second-order valence-corrected chi connectivity index (χ2v) is 5.69. The first-order valence-corrected chi connectivity index (χ1v) is 7.31. The van der Waals surface area contributed by atoms with Crippen molar-refractivity contribution in [3.63, 3.8) is 0 Å². The number of nitriles is 1. The number of phenols is 1. The van der Waals surface area contributed by atoms with Crippen molar-refractivity contribution in [2.75, 3.05) is 0 Å². The Morgan fingerprint density at radius 3 is 2.42 bits per heavy atom. The molecular weight excluding hydrogens is 349 g/mol. The standard InChI is InChI=1S/C18H11F3N2O3/c1-23-14-5-9(8-22)4-12(13(14)7-16(23)18(19,20)21)10-2-3-11(17(25)26)15(24)6-10/h2-7,24H,1H3,(H,25,26). The second kappa shape index (κ2) is 5.81. The van der Waals surface area contributed by atoms with Crippen molar-refractivity contribution < 1.29 is 28.2 Å². The maximum Gasteiger partial charge on any atom is 0.431 e. The molecule has 1 aromatic heterocycles. The van der Waals surface area contributed by atoms with Gasteiger partial charge in [0.25, 0.3) is 0 Å². The SMILES string of the molecule is Cn1c(C(F)(F)F)cc2c(-c3ccc(C(=O)O)c(O)c3)cc(C#N)cc21. The number of aryl methyl sites for hydroxylation is 1. The summed E-state index contributed by atoms with van der Waals surface area (Å²) in [7, 11) is 1.25. The number of carboxylic acid groups (broad SMARTS) is 1. The number of hydrogen-bond acceptors (Lipinski definition) is 3. The molecule has 0 aliphatic heterocycles. The fourth-order valence-corrected chi connectivity index (χ4v) is 2.89. The molecule has 0 amide bonds. The Bertz CT molecular complexity index is 1090. The van der Waals surface area contributed by atoms with E-state index in [1.807, 2.05) is 6.07 Å². The summed E-state index contributed by atoms with van der Waals surface area (Å²) in [6, 6.07) is 9.30. The zero-order valence-electron chi connectivity index (χ0n) is 13.3. The van der Waals surface area contributed by atoms with E-state index in [9.17, 15) is 28.3 Å². The Labute approximate surface area is 145 Å². The van der Waals surface area contributed by atoms with E-state index in [1.54, 1.807) is 0 Å². The van der Waals surface area contributed by atoms with Crippen LogP contribution in [0.3, 0.4) is 0 Å². The summed E-state index contributed by atoms with van der Waals surface area (Å²) < 4.78 is 40.6. The molecule has 0 saturated carbocycles. The van der Waals surface area contributed by atoms with Gasteiger partial charge in [-0.1, -0.05) is 6.07 Å². The topological polar surface area (TPSA) is 86.2 Å². The molecule has 0 fully saturated rings. The minimum Gasteiger partial charge on any atom is -0.507 e. The lowest BCUT2D eigenvalue weighted by Gasteiger charge is -2.09. The Balaban J connectivity index is 2.34. The van der Waals surface area contributed by atoms with Gasteiger partial charge in [0.1, 0.15) is 17.0 Å². The summed E-state index contributed by atoms with van der Waals surface area (Å²) in [5.41, 5.74) is -0.274. The van der Waals surface area contributed by atoms with Gasteiger partial charge in [-0.25, -0.2) is 4.79 Å². The van der Waals surface area contributed by atoms with Crippen LogP contribution in [0.4, 0.5) is 13.2 Å². The summed E-state index contributed by atoms with van der Waals surface area (Å²) in [6.45, 7) is 0. The minimum atomic E-state index is -4.58. The van der Waals surface area contributed by atoms with Crippen LogP contribution in [0.2, 0.25) is 0 Å². The van der Waals surface area contributed by atoms with Crippen LogP contribution >= 0.6 is 0 Å². The third kappa shape index (κ3) is 2.73. The van der Waals surface area contributed by atoms with Crippen molar-refractivity contribution in [1.29, 1.82) is 5.26 Å². The number of alkyl halides is 3. The molecule has 0 spiro atoms. The van der Waals surface area contributed by atoms with Crippen LogP contribution < -0.4 is 0 Å². The molecule has 2 N–H and O–H groups in total. The first-order valence-electron chi connectivity index (χ1n) is 7.31. The van der Waals surface area contributed by atoms with Gasteiger partial charge in [-0.3, -0.25) is 0 Å². The zero-order chi connectivity index (χ0) is 19.2. The van der Waals surface area contributed by atoms with Crippen molar-refractivity contribution in [3.05, 3.63) is 53.2 Å². The van der Waals surface area contributed by atoms with Gasteiger partial charge in [0.15, 0.2) is 0 Å². The molecule has 132 valence electrons. The molecule has 2 aromatic carbocycles. The van der Waals surface area contributed by atoms with Crippen LogP contribution in [0.25, 0.3) is 22.0 Å². The van der Waals surface area contributed by atoms with Gasteiger partial charge in [-0.15, -0.1) is 0 Å². The molecule has 0 saturated heterocycles. The summed E-state index contributed by atoms with van der Waals surface area (Å²) in [4.78, 5) is 11.0. The maximum absolute atomic E-state index is 13.2. The lowest BCUT2D eigenvalue weighted by molar-refractivity contribution is -0.142. The van der Waals surface area contributed by atoms with Gasteiger partial charge < -0.3 is 14.8 Å². The van der Waals surface area contributed by atoms with Crippen LogP contribution in [0.1, 0.15) is 21.6 Å². The molecule has 0 atom stereocenters. The average molecular weight is 360 g/mol. The number of hydrogen-bond donors (Lipinski definition) is 2. The highest BCUT2D eigenvalue weighted by Crippen LogP contribution is 2.38. The quantitative estimate of drug-likeness (QED) is 0.719. The van der Waals surface area contributed by atoms with Crippen LogP contribution in [-0.4, -0.2) is 20.7 Å². The Hall–Kier alpha value is -3.47. The molecule has 0 radical (unpaired) electrons. The number of carboxylic acids is 1. The lowest BCUT2D eigenvalue weighted by Crippen LogP contribution is -2.10. The number of benzene rings is 2. The lowest BCUT2D eigenvalue weighted by atomic mass is 9.97. The average Bonchev–Trinajstić information content (AvgIpc) is 2.90. The Kier molecular flexibility index (Phi) is 3.88. The summed E-state index contributed by atoms with van der Waals surface area (Å²) in [5.74, 6) is -1.85. The molecule has 0 aliphatic rings. The second-order valence-electron chi connectivity index (χ2n) is 5.69. The van der Waals surface area contributed by atoms with Gasteiger partial charge in [0, 0.05) is 12.4 Å². The van der Waals surface area contributed by atoms with Gasteiger partial charge in [-0.2, -0.15) is 18.4 Å². The molecular formula is C18H11F3N2O3. The maximum atomic E-state index is 13.2. The van der Waals surface area contributed by atoms with Crippen LogP contribution in [0.5, 0.6) is 5.75 Å². The number of rotatable bonds is 2. The zero-order valence-corrected chi connectivity index (χ0v) is 13.3. The van der Waals surface area contributed by atoms with Gasteiger partial charge in [-0.05, 0) is 41.5 Å². The van der Waals surface area contributed by atoms with Crippen molar-refractivity contribution in [2.24, 2.45) is 7.05 Å². The first kappa shape index (κ1) is 17.4. The van der Waals surface area contributed by atoms with Gasteiger partial charge >= 0.3 is 12.1 Å². The third-order valence-electron chi connectivity index (χ3n) is 4.12. The van der Waals surface area contributed by atoms with E-state index in [-0.39, 0.29) is 27.6 Å².